The molecule has 1 aliphatic rings. The van der Waals surface area contributed by atoms with Gasteiger partial charge in [-0.05, 0) is 41.3 Å². The van der Waals surface area contributed by atoms with E-state index in [9.17, 15) is 9.59 Å². The van der Waals surface area contributed by atoms with Crippen molar-refractivity contribution >= 4 is 29.0 Å². The second kappa shape index (κ2) is 7.61. The molecule has 0 bridgehead atoms. The molecule has 2 amide bonds. The van der Waals surface area contributed by atoms with Gasteiger partial charge in [0.15, 0.2) is 0 Å². The van der Waals surface area contributed by atoms with Gasteiger partial charge < -0.3 is 4.74 Å². The number of carbonyl (C=O) groups excluding carboxylic acids is 2. The van der Waals surface area contributed by atoms with E-state index in [-0.39, 0.29) is 11.1 Å². The summed E-state index contributed by atoms with van der Waals surface area (Å²) in [6.07, 6.45) is 2.44. The first kappa shape index (κ1) is 16.8. The average Bonchev–Trinajstić information content (AvgIpc) is 2.75. The third kappa shape index (κ3) is 3.99. The van der Waals surface area contributed by atoms with Crippen molar-refractivity contribution in [1.82, 2.24) is 4.90 Å². The number of imide groups is 1. The van der Waals surface area contributed by atoms with Crippen LogP contribution in [0.3, 0.4) is 0 Å². The van der Waals surface area contributed by atoms with E-state index in [0.717, 1.165) is 17.3 Å². The molecule has 22 heavy (non-hydrogen) atoms. The summed E-state index contributed by atoms with van der Waals surface area (Å²) in [6, 6.07) is 8.07. The van der Waals surface area contributed by atoms with Crippen molar-refractivity contribution in [1.29, 1.82) is 0 Å². The molecule has 1 fully saturated rings. The van der Waals surface area contributed by atoms with Crippen molar-refractivity contribution in [2.45, 2.75) is 26.2 Å². The van der Waals surface area contributed by atoms with Crippen molar-refractivity contribution in [3.63, 3.8) is 0 Å². The molecule has 0 N–H and O–H groups in total. The van der Waals surface area contributed by atoms with E-state index in [2.05, 4.69) is 26.0 Å². The number of nitrogens with zero attached hydrogens (tertiary/aromatic N) is 1. The first-order valence-electron chi connectivity index (χ1n) is 7.37. The smallest absolute Gasteiger partial charge is 0.293 e. The standard InChI is InChI=1S/C17H21NO3S/c1-12(2)14-7-5-13(6-8-14)11-15-16(19)18(17(20)22-15)9-4-10-21-3/h5-8,11-12H,4,9-10H2,1-3H3/b15-11+. The molecule has 0 radical (unpaired) electrons. The first-order chi connectivity index (χ1) is 10.5. The zero-order chi connectivity index (χ0) is 16.1. The maximum atomic E-state index is 12.3. The fraction of sp³-hybridized carbons (Fsp3) is 0.412. The van der Waals surface area contributed by atoms with Gasteiger partial charge in [-0.1, -0.05) is 38.1 Å². The van der Waals surface area contributed by atoms with E-state index >= 15 is 0 Å². The van der Waals surface area contributed by atoms with Crippen molar-refractivity contribution in [3.8, 4) is 0 Å². The number of ether oxygens (including phenoxy) is 1. The molecule has 118 valence electrons. The molecule has 1 saturated heterocycles. The van der Waals surface area contributed by atoms with Gasteiger partial charge in [-0.15, -0.1) is 0 Å². The van der Waals surface area contributed by atoms with Crippen LogP contribution in [0.25, 0.3) is 6.08 Å². The molecule has 5 heteroatoms. The Labute approximate surface area is 135 Å². The minimum Gasteiger partial charge on any atom is -0.385 e. The number of hydrogen-bond donors (Lipinski definition) is 0. The van der Waals surface area contributed by atoms with E-state index in [1.165, 1.54) is 10.5 Å². The topological polar surface area (TPSA) is 46.6 Å². The van der Waals surface area contributed by atoms with E-state index in [4.69, 9.17) is 4.74 Å². The van der Waals surface area contributed by atoms with Gasteiger partial charge in [0.1, 0.15) is 0 Å². The highest BCUT2D eigenvalue weighted by molar-refractivity contribution is 8.18. The van der Waals surface area contributed by atoms with Crippen LogP contribution in [0.1, 0.15) is 37.3 Å². The van der Waals surface area contributed by atoms with E-state index in [1.807, 2.05) is 12.1 Å². The van der Waals surface area contributed by atoms with Crippen molar-refractivity contribution < 1.29 is 14.3 Å². The number of carbonyl (C=O) groups is 2. The molecule has 1 aromatic rings. The Morgan fingerprint density at radius 1 is 1.23 bits per heavy atom. The number of amides is 2. The monoisotopic (exact) mass is 319 g/mol. The Balaban J connectivity index is 2.08. The minimum atomic E-state index is -0.209. The highest BCUT2D eigenvalue weighted by atomic mass is 32.2. The fourth-order valence-electron chi connectivity index (χ4n) is 2.19. The predicted octanol–water partition coefficient (Wildman–Crippen LogP) is 3.88. The van der Waals surface area contributed by atoms with Gasteiger partial charge in [-0.3, -0.25) is 14.5 Å². The van der Waals surface area contributed by atoms with Crippen LogP contribution in [0, 0.1) is 0 Å². The van der Waals surface area contributed by atoms with Crippen LogP contribution in [0.4, 0.5) is 4.79 Å². The molecule has 1 aliphatic heterocycles. The lowest BCUT2D eigenvalue weighted by Crippen LogP contribution is -2.29. The largest absolute Gasteiger partial charge is 0.385 e. The van der Waals surface area contributed by atoms with Crippen molar-refractivity contribution in [2.24, 2.45) is 0 Å². The second-order valence-electron chi connectivity index (χ2n) is 5.50. The second-order valence-corrected chi connectivity index (χ2v) is 6.49. The summed E-state index contributed by atoms with van der Waals surface area (Å²) in [4.78, 5) is 25.9. The van der Waals surface area contributed by atoms with Gasteiger partial charge in [-0.25, -0.2) is 0 Å². The lowest BCUT2D eigenvalue weighted by Gasteiger charge is -2.11. The normalized spacial score (nSPS) is 17.1. The number of rotatable bonds is 6. The van der Waals surface area contributed by atoms with Crippen LogP contribution in [0.5, 0.6) is 0 Å². The maximum Gasteiger partial charge on any atom is 0.293 e. The third-order valence-electron chi connectivity index (χ3n) is 3.50. The Bertz CT molecular complexity index is 578. The van der Waals surface area contributed by atoms with Gasteiger partial charge >= 0.3 is 0 Å². The van der Waals surface area contributed by atoms with Gasteiger partial charge in [0, 0.05) is 20.3 Å². The lowest BCUT2D eigenvalue weighted by molar-refractivity contribution is -0.122. The summed E-state index contributed by atoms with van der Waals surface area (Å²) in [5, 5.41) is -0.203. The zero-order valence-electron chi connectivity index (χ0n) is 13.2. The average molecular weight is 319 g/mol. The van der Waals surface area contributed by atoms with Crippen LogP contribution >= 0.6 is 11.8 Å². The molecule has 1 aromatic carbocycles. The van der Waals surface area contributed by atoms with Gasteiger partial charge in [0.2, 0.25) is 0 Å². The highest BCUT2D eigenvalue weighted by Crippen LogP contribution is 2.32. The van der Waals surface area contributed by atoms with E-state index < -0.39 is 0 Å². The Kier molecular flexibility index (Phi) is 5.80. The Hall–Kier alpha value is -1.59. The van der Waals surface area contributed by atoms with Gasteiger partial charge in [-0.2, -0.15) is 0 Å². The number of methoxy groups -OCH3 is 1. The Morgan fingerprint density at radius 2 is 1.91 bits per heavy atom. The first-order valence-corrected chi connectivity index (χ1v) is 8.19. The lowest BCUT2D eigenvalue weighted by atomic mass is 10.0. The highest BCUT2D eigenvalue weighted by Gasteiger charge is 2.34. The quantitative estimate of drug-likeness (QED) is 0.589. The molecule has 0 saturated carbocycles. The zero-order valence-corrected chi connectivity index (χ0v) is 14.0. The van der Waals surface area contributed by atoms with Crippen LogP contribution in [0.15, 0.2) is 29.2 Å². The van der Waals surface area contributed by atoms with Gasteiger partial charge in [0.05, 0.1) is 4.91 Å². The van der Waals surface area contributed by atoms with Crippen LogP contribution < -0.4 is 0 Å². The third-order valence-corrected chi connectivity index (χ3v) is 4.41. The molecule has 1 heterocycles. The van der Waals surface area contributed by atoms with Crippen molar-refractivity contribution in [2.75, 3.05) is 20.3 Å². The molecule has 0 spiro atoms. The molecule has 0 aromatic heterocycles. The minimum absolute atomic E-state index is 0.203. The Morgan fingerprint density at radius 3 is 2.50 bits per heavy atom. The molecule has 0 aliphatic carbocycles. The molecule has 2 rings (SSSR count). The summed E-state index contributed by atoms with van der Waals surface area (Å²) in [6.45, 7) is 5.22. The summed E-state index contributed by atoms with van der Waals surface area (Å²) in [7, 11) is 1.61. The number of benzene rings is 1. The SMILES string of the molecule is COCCCN1C(=O)S/C(=C/c2ccc(C(C)C)cc2)C1=O. The van der Waals surface area contributed by atoms with Crippen LogP contribution in [0.2, 0.25) is 0 Å². The van der Waals surface area contributed by atoms with E-state index in [1.54, 1.807) is 13.2 Å². The summed E-state index contributed by atoms with van der Waals surface area (Å²) >= 11 is 1.00. The molecular formula is C17H21NO3S. The molecule has 4 nitrogen and oxygen atoms in total. The maximum absolute atomic E-state index is 12.3. The predicted molar refractivity (Wildman–Crippen MR) is 89.7 cm³/mol. The van der Waals surface area contributed by atoms with Crippen LogP contribution in [-0.4, -0.2) is 36.3 Å². The fourth-order valence-corrected chi connectivity index (χ4v) is 3.05. The van der Waals surface area contributed by atoms with Crippen LogP contribution in [-0.2, 0) is 9.53 Å². The van der Waals surface area contributed by atoms with E-state index in [0.29, 0.717) is 30.4 Å². The summed E-state index contributed by atoms with van der Waals surface area (Å²) < 4.78 is 4.95. The summed E-state index contributed by atoms with van der Waals surface area (Å²) in [5.74, 6) is 0.265. The van der Waals surface area contributed by atoms with Gasteiger partial charge in [0.25, 0.3) is 11.1 Å². The number of thioether (sulfide) groups is 1. The molecule has 0 unspecified atom stereocenters. The molecule has 0 atom stereocenters. The summed E-state index contributed by atoms with van der Waals surface area (Å²) in [5.41, 5.74) is 2.19. The number of hydrogen-bond acceptors (Lipinski definition) is 4. The van der Waals surface area contributed by atoms with Crippen molar-refractivity contribution in [3.05, 3.63) is 40.3 Å². The molecular weight excluding hydrogens is 298 g/mol.